The van der Waals surface area contributed by atoms with E-state index in [-0.39, 0.29) is 17.1 Å². The van der Waals surface area contributed by atoms with E-state index in [1.165, 1.54) is 22.4 Å². The third kappa shape index (κ3) is 3.50. The molecule has 0 bridgehead atoms. The molecule has 1 N–H and O–H groups in total. The van der Waals surface area contributed by atoms with Crippen LogP contribution in [0, 0.1) is 29.1 Å². The van der Waals surface area contributed by atoms with Crippen molar-refractivity contribution >= 4 is 11.5 Å². The number of benzene rings is 1. The molecular formula is C30H37NO2. The van der Waals surface area contributed by atoms with E-state index in [1.807, 2.05) is 6.08 Å². The van der Waals surface area contributed by atoms with Gasteiger partial charge in [-0.3, -0.25) is 4.79 Å². The zero-order valence-corrected chi connectivity index (χ0v) is 20.6. The van der Waals surface area contributed by atoms with E-state index in [0.29, 0.717) is 18.3 Å². The zero-order chi connectivity index (χ0) is 23.4. The Morgan fingerprint density at radius 3 is 2.58 bits per heavy atom. The molecule has 3 nitrogen and oxygen atoms in total. The fraction of sp³-hybridized carbons (Fsp3) is 0.567. The van der Waals surface area contributed by atoms with E-state index >= 15 is 0 Å². The van der Waals surface area contributed by atoms with Crippen LogP contribution in [-0.4, -0.2) is 30.6 Å². The summed E-state index contributed by atoms with van der Waals surface area (Å²) in [6.07, 6.45) is 9.03. The van der Waals surface area contributed by atoms with E-state index in [4.69, 9.17) is 0 Å². The first kappa shape index (κ1) is 22.5. The summed E-state index contributed by atoms with van der Waals surface area (Å²) in [4.78, 5) is 14.3. The Balaban J connectivity index is 1.66. The Bertz CT molecular complexity index is 1080. The lowest BCUT2D eigenvalue weighted by atomic mass is 9.51. The number of fused-ring (bicyclic) bond motifs is 4. The lowest BCUT2D eigenvalue weighted by Crippen LogP contribution is -2.51. The van der Waals surface area contributed by atoms with Gasteiger partial charge in [0.2, 0.25) is 0 Å². The minimum atomic E-state index is -0.912. The van der Waals surface area contributed by atoms with Crippen LogP contribution in [0.4, 0.5) is 5.69 Å². The molecular weight excluding hydrogens is 406 g/mol. The lowest BCUT2D eigenvalue weighted by Gasteiger charge is -2.53. The van der Waals surface area contributed by atoms with Gasteiger partial charge in [-0.05, 0) is 85.3 Å². The van der Waals surface area contributed by atoms with Gasteiger partial charge in [0.1, 0.15) is 5.60 Å². The molecule has 33 heavy (non-hydrogen) atoms. The molecule has 0 amide bonds. The highest BCUT2D eigenvalue weighted by atomic mass is 16.3. The van der Waals surface area contributed by atoms with Gasteiger partial charge in [0.15, 0.2) is 5.78 Å². The molecule has 1 aromatic carbocycles. The highest BCUT2D eigenvalue weighted by Crippen LogP contribution is 2.66. The summed E-state index contributed by atoms with van der Waals surface area (Å²) < 4.78 is 0. The summed E-state index contributed by atoms with van der Waals surface area (Å²) in [5.41, 5.74) is 5.73. The van der Waals surface area contributed by atoms with Crippen LogP contribution in [0.3, 0.4) is 0 Å². The number of rotatable bonds is 2. The highest BCUT2D eigenvalue weighted by Gasteiger charge is 2.62. The lowest BCUT2D eigenvalue weighted by molar-refractivity contribution is -0.114. The van der Waals surface area contributed by atoms with Gasteiger partial charge in [0.05, 0.1) is 0 Å². The summed E-state index contributed by atoms with van der Waals surface area (Å²) in [6.45, 7) is 4.37. The van der Waals surface area contributed by atoms with Crippen LogP contribution in [0.25, 0.3) is 0 Å². The number of carbonyl (C=O) groups is 1. The van der Waals surface area contributed by atoms with Crippen molar-refractivity contribution in [3.8, 4) is 11.8 Å². The predicted molar refractivity (Wildman–Crippen MR) is 134 cm³/mol. The molecule has 4 aliphatic carbocycles. The van der Waals surface area contributed by atoms with Crippen molar-refractivity contribution in [2.75, 3.05) is 19.0 Å². The molecule has 5 atom stereocenters. The molecule has 0 saturated heterocycles. The Hall–Kier alpha value is -2.31. The summed E-state index contributed by atoms with van der Waals surface area (Å²) in [7, 11) is 4.15. The second-order valence-electron chi connectivity index (χ2n) is 11.0. The molecule has 174 valence electrons. The van der Waals surface area contributed by atoms with E-state index in [1.54, 1.807) is 5.57 Å². The molecule has 0 unspecified atom stereocenters. The third-order valence-corrected chi connectivity index (χ3v) is 9.17. The molecule has 3 heteroatoms. The molecule has 0 spiro atoms. The van der Waals surface area contributed by atoms with E-state index in [0.717, 1.165) is 44.9 Å². The molecule has 2 fully saturated rings. The fourth-order valence-electron chi connectivity index (χ4n) is 7.41. The first-order chi connectivity index (χ1) is 15.8. The maximum absolute atomic E-state index is 12.2. The quantitative estimate of drug-likeness (QED) is 0.588. The summed E-state index contributed by atoms with van der Waals surface area (Å²) in [5, 5.41) is 11.9. The Morgan fingerprint density at radius 2 is 1.88 bits per heavy atom. The van der Waals surface area contributed by atoms with Gasteiger partial charge in [-0.25, -0.2) is 0 Å². The van der Waals surface area contributed by atoms with Gasteiger partial charge in [0.25, 0.3) is 0 Å². The van der Waals surface area contributed by atoms with Gasteiger partial charge in [-0.2, -0.15) is 0 Å². The Labute approximate surface area is 199 Å². The van der Waals surface area contributed by atoms with Gasteiger partial charge in [-0.15, -0.1) is 5.92 Å². The number of hydrogen-bond donors (Lipinski definition) is 1. The Morgan fingerprint density at radius 1 is 1.12 bits per heavy atom. The second-order valence-corrected chi connectivity index (χ2v) is 11.0. The standard InChI is InChI=1S/C30H37NO2/c1-5-6-16-30(33)17-15-27-25-13-9-21-18-23(32)12-14-24(21)28(25)26(19-29(27,30)2)20-7-10-22(11-8-20)31(3)4/h7-8,10-11,18,25-27,33H,5,9,12-15,17,19H2,1-4H3/t25-,26+,27-,29-,30-/m0/s1. The average Bonchev–Trinajstić information content (AvgIpc) is 3.07. The first-order valence-electron chi connectivity index (χ1n) is 12.7. The van der Waals surface area contributed by atoms with Crippen molar-refractivity contribution in [3.05, 3.63) is 52.6 Å². The van der Waals surface area contributed by atoms with Gasteiger partial charge in [0, 0.05) is 44.0 Å². The Kier molecular flexibility index (Phi) is 5.57. The topological polar surface area (TPSA) is 40.5 Å². The van der Waals surface area contributed by atoms with Gasteiger partial charge < -0.3 is 10.0 Å². The van der Waals surface area contributed by atoms with Crippen LogP contribution in [0.2, 0.25) is 0 Å². The minimum absolute atomic E-state index is 0.222. The van der Waals surface area contributed by atoms with Crippen LogP contribution < -0.4 is 4.90 Å². The van der Waals surface area contributed by atoms with Crippen LogP contribution in [0.5, 0.6) is 0 Å². The maximum atomic E-state index is 12.2. The SMILES string of the molecule is CCC#C[C@]1(O)CC[C@H]2[C@@H]3CCC4=CC(=O)CCC4=C3[C@@H](c3ccc(N(C)C)cc3)C[C@@]21C. The third-order valence-electron chi connectivity index (χ3n) is 9.17. The molecule has 2 saturated carbocycles. The van der Waals surface area contributed by atoms with Crippen LogP contribution >= 0.6 is 0 Å². The molecule has 1 aromatic rings. The number of nitrogens with zero attached hydrogens (tertiary/aromatic N) is 1. The van der Waals surface area contributed by atoms with E-state index in [2.05, 4.69) is 68.9 Å². The van der Waals surface area contributed by atoms with Crippen molar-refractivity contribution in [1.82, 2.24) is 0 Å². The second kappa shape index (κ2) is 8.17. The van der Waals surface area contributed by atoms with Crippen molar-refractivity contribution in [2.45, 2.75) is 76.7 Å². The first-order valence-corrected chi connectivity index (χ1v) is 12.7. The van der Waals surface area contributed by atoms with Crippen molar-refractivity contribution < 1.29 is 9.90 Å². The van der Waals surface area contributed by atoms with Crippen molar-refractivity contribution in [3.63, 3.8) is 0 Å². The fourth-order valence-corrected chi connectivity index (χ4v) is 7.41. The highest BCUT2D eigenvalue weighted by molar-refractivity contribution is 5.93. The number of hydrogen-bond acceptors (Lipinski definition) is 3. The monoisotopic (exact) mass is 443 g/mol. The number of anilines is 1. The zero-order valence-electron chi connectivity index (χ0n) is 20.6. The van der Waals surface area contributed by atoms with Gasteiger partial charge in [-0.1, -0.05) is 37.5 Å². The van der Waals surface area contributed by atoms with E-state index in [9.17, 15) is 9.90 Å². The smallest absolute Gasteiger partial charge is 0.156 e. The number of ketones is 1. The number of carbonyl (C=O) groups excluding carboxylic acids is 1. The normalized spacial score (nSPS) is 35.1. The number of aliphatic hydroxyl groups is 1. The summed E-state index contributed by atoms with van der Waals surface area (Å²) in [5.74, 6) is 8.03. The van der Waals surface area contributed by atoms with E-state index < -0.39 is 5.60 Å². The van der Waals surface area contributed by atoms with Gasteiger partial charge >= 0.3 is 0 Å². The van der Waals surface area contributed by atoms with Crippen molar-refractivity contribution in [2.24, 2.45) is 17.3 Å². The largest absolute Gasteiger partial charge is 0.378 e. The number of allylic oxidation sites excluding steroid dienone is 4. The van der Waals surface area contributed by atoms with Crippen LogP contribution in [-0.2, 0) is 4.79 Å². The molecule has 5 rings (SSSR count). The maximum Gasteiger partial charge on any atom is 0.156 e. The molecule has 4 aliphatic rings. The predicted octanol–water partition coefficient (Wildman–Crippen LogP) is 5.80. The van der Waals surface area contributed by atoms with Crippen molar-refractivity contribution in [1.29, 1.82) is 0 Å². The van der Waals surface area contributed by atoms with Crippen LogP contribution in [0.15, 0.2) is 47.1 Å². The minimum Gasteiger partial charge on any atom is -0.378 e. The summed E-state index contributed by atoms with van der Waals surface area (Å²) in [6, 6.07) is 9.00. The molecule has 0 aromatic heterocycles. The molecule has 0 radical (unpaired) electrons. The summed E-state index contributed by atoms with van der Waals surface area (Å²) >= 11 is 0. The molecule has 0 aliphatic heterocycles. The van der Waals surface area contributed by atoms with Crippen LogP contribution in [0.1, 0.15) is 76.7 Å². The average molecular weight is 444 g/mol. The molecule has 0 heterocycles.